The molecule has 4 heteroatoms. The lowest BCUT2D eigenvalue weighted by Crippen LogP contribution is -2.58. The average molecular weight is 256 g/mol. The first-order valence-corrected chi connectivity index (χ1v) is 7.54. The monoisotopic (exact) mass is 256 g/mol. The van der Waals surface area contributed by atoms with E-state index in [1.54, 1.807) is 0 Å². The molecule has 0 amide bonds. The van der Waals surface area contributed by atoms with Crippen molar-refractivity contribution < 1.29 is 10.2 Å². The second-order valence-electron chi connectivity index (χ2n) is 5.84. The topological polar surface area (TPSA) is 46.9 Å². The predicted octanol–water partition coefficient (Wildman–Crippen LogP) is 1.03. The standard InChI is InChI=1S/C14H28N2O2/c1-12(17)13(15-8-4-2-5-9-15)14(18)16-10-6-3-7-11-16/h12-14,17-18H,2-11H2,1H3. The van der Waals surface area contributed by atoms with Crippen molar-refractivity contribution in [3.05, 3.63) is 0 Å². The van der Waals surface area contributed by atoms with E-state index in [-0.39, 0.29) is 6.04 Å². The smallest absolute Gasteiger partial charge is 0.125 e. The van der Waals surface area contributed by atoms with Gasteiger partial charge < -0.3 is 10.2 Å². The van der Waals surface area contributed by atoms with E-state index in [1.165, 1.54) is 38.5 Å². The number of aliphatic hydroxyl groups is 2. The van der Waals surface area contributed by atoms with Crippen LogP contribution >= 0.6 is 0 Å². The third kappa shape index (κ3) is 3.44. The van der Waals surface area contributed by atoms with Gasteiger partial charge in [0.25, 0.3) is 0 Å². The molecule has 2 heterocycles. The van der Waals surface area contributed by atoms with Crippen LogP contribution in [-0.4, -0.2) is 64.6 Å². The minimum absolute atomic E-state index is 0.122. The maximum absolute atomic E-state index is 10.6. The van der Waals surface area contributed by atoms with Crippen molar-refractivity contribution in [2.45, 2.75) is 63.8 Å². The number of hydrogen-bond donors (Lipinski definition) is 2. The molecular formula is C14H28N2O2. The molecule has 2 aliphatic rings. The Morgan fingerprint density at radius 1 is 0.722 bits per heavy atom. The first-order chi connectivity index (χ1) is 8.70. The van der Waals surface area contributed by atoms with Crippen LogP contribution in [0.2, 0.25) is 0 Å². The Morgan fingerprint density at radius 2 is 1.17 bits per heavy atom. The third-order valence-electron chi connectivity index (χ3n) is 4.38. The molecular weight excluding hydrogens is 228 g/mol. The summed E-state index contributed by atoms with van der Waals surface area (Å²) in [6.07, 6.45) is 6.29. The largest absolute Gasteiger partial charge is 0.392 e. The van der Waals surface area contributed by atoms with Gasteiger partial charge in [0.15, 0.2) is 0 Å². The molecule has 0 saturated carbocycles. The van der Waals surface area contributed by atoms with Gasteiger partial charge in [0.2, 0.25) is 0 Å². The van der Waals surface area contributed by atoms with Gasteiger partial charge in [-0.25, -0.2) is 0 Å². The van der Waals surface area contributed by atoms with Crippen LogP contribution in [0.25, 0.3) is 0 Å². The van der Waals surface area contributed by atoms with Crippen molar-refractivity contribution in [2.75, 3.05) is 26.2 Å². The van der Waals surface area contributed by atoms with Gasteiger partial charge in [-0.2, -0.15) is 0 Å². The molecule has 0 aromatic rings. The van der Waals surface area contributed by atoms with E-state index >= 15 is 0 Å². The molecule has 0 bridgehead atoms. The summed E-state index contributed by atoms with van der Waals surface area (Å²) in [4.78, 5) is 4.43. The van der Waals surface area contributed by atoms with E-state index in [4.69, 9.17) is 0 Å². The van der Waals surface area contributed by atoms with Crippen molar-refractivity contribution in [3.8, 4) is 0 Å². The number of hydrogen-bond acceptors (Lipinski definition) is 4. The fourth-order valence-electron chi connectivity index (χ4n) is 3.36. The van der Waals surface area contributed by atoms with Crippen LogP contribution in [0, 0.1) is 0 Å². The van der Waals surface area contributed by atoms with E-state index < -0.39 is 12.3 Å². The molecule has 0 aromatic carbocycles. The van der Waals surface area contributed by atoms with E-state index in [9.17, 15) is 10.2 Å². The highest BCUT2D eigenvalue weighted by Crippen LogP contribution is 2.21. The molecule has 0 spiro atoms. The Bertz CT molecular complexity index is 236. The van der Waals surface area contributed by atoms with Gasteiger partial charge in [-0.1, -0.05) is 12.8 Å². The summed E-state index contributed by atoms with van der Waals surface area (Å²) in [7, 11) is 0. The molecule has 2 aliphatic heterocycles. The van der Waals surface area contributed by atoms with Crippen LogP contribution in [0.5, 0.6) is 0 Å². The second-order valence-corrected chi connectivity index (χ2v) is 5.84. The van der Waals surface area contributed by atoms with Crippen LogP contribution in [0.3, 0.4) is 0 Å². The maximum Gasteiger partial charge on any atom is 0.125 e. The first kappa shape index (κ1) is 14.3. The SMILES string of the molecule is CC(O)C(C(O)N1CCCCC1)N1CCCCC1. The molecule has 2 fully saturated rings. The van der Waals surface area contributed by atoms with Crippen LogP contribution in [0.4, 0.5) is 0 Å². The number of nitrogens with zero attached hydrogens (tertiary/aromatic N) is 2. The van der Waals surface area contributed by atoms with Gasteiger partial charge >= 0.3 is 0 Å². The molecule has 2 N–H and O–H groups in total. The molecule has 3 unspecified atom stereocenters. The lowest BCUT2D eigenvalue weighted by Gasteiger charge is -2.43. The highest BCUT2D eigenvalue weighted by atomic mass is 16.3. The highest BCUT2D eigenvalue weighted by Gasteiger charge is 2.34. The van der Waals surface area contributed by atoms with Gasteiger partial charge in [-0.15, -0.1) is 0 Å². The highest BCUT2D eigenvalue weighted by molar-refractivity contribution is 4.86. The second kappa shape index (κ2) is 6.85. The summed E-state index contributed by atoms with van der Waals surface area (Å²) < 4.78 is 0. The van der Waals surface area contributed by atoms with Gasteiger partial charge in [0.1, 0.15) is 6.23 Å². The lowest BCUT2D eigenvalue weighted by atomic mass is 10.0. The van der Waals surface area contributed by atoms with E-state index in [0.717, 1.165) is 26.2 Å². The molecule has 18 heavy (non-hydrogen) atoms. The summed E-state index contributed by atoms with van der Waals surface area (Å²) in [6, 6.07) is -0.122. The average Bonchev–Trinajstić information content (AvgIpc) is 2.40. The summed E-state index contributed by atoms with van der Waals surface area (Å²) in [5.41, 5.74) is 0. The minimum Gasteiger partial charge on any atom is -0.392 e. The number of likely N-dealkylation sites (tertiary alicyclic amines) is 2. The summed E-state index contributed by atoms with van der Waals surface area (Å²) in [6.45, 7) is 5.78. The zero-order valence-electron chi connectivity index (χ0n) is 11.6. The first-order valence-electron chi connectivity index (χ1n) is 7.54. The van der Waals surface area contributed by atoms with E-state index in [2.05, 4.69) is 9.80 Å². The number of aliphatic hydroxyl groups excluding tert-OH is 2. The zero-order valence-corrected chi connectivity index (χ0v) is 11.6. The quantitative estimate of drug-likeness (QED) is 0.788. The fraction of sp³-hybridized carbons (Fsp3) is 1.00. The van der Waals surface area contributed by atoms with Crippen molar-refractivity contribution in [1.29, 1.82) is 0 Å². The number of rotatable bonds is 4. The van der Waals surface area contributed by atoms with E-state index in [1.807, 2.05) is 6.92 Å². The Morgan fingerprint density at radius 3 is 1.61 bits per heavy atom. The normalized spacial score (nSPS) is 28.8. The van der Waals surface area contributed by atoms with Crippen LogP contribution in [0.15, 0.2) is 0 Å². The maximum atomic E-state index is 10.6. The van der Waals surface area contributed by atoms with Gasteiger partial charge in [0, 0.05) is 13.1 Å². The van der Waals surface area contributed by atoms with Gasteiger partial charge in [-0.3, -0.25) is 9.80 Å². The van der Waals surface area contributed by atoms with Crippen LogP contribution in [0.1, 0.15) is 45.4 Å². The van der Waals surface area contributed by atoms with Crippen molar-refractivity contribution in [1.82, 2.24) is 9.80 Å². The fourth-order valence-corrected chi connectivity index (χ4v) is 3.36. The van der Waals surface area contributed by atoms with Crippen molar-refractivity contribution >= 4 is 0 Å². The van der Waals surface area contributed by atoms with Crippen molar-refractivity contribution in [3.63, 3.8) is 0 Å². The summed E-state index contributed by atoms with van der Waals surface area (Å²) in [5, 5.41) is 20.6. The number of piperidine rings is 2. The molecule has 2 saturated heterocycles. The molecule has 2 rings (SSSR count). The van der Waals surface area contributed by atoms with Gasteiger partial charge in [-0.05, 0) is 45.7 Å². The van der Waals surface area contributed by atoms with Crippen molar-refractivity contribution in [2.24, 2.45) is 0 Å². The van der Waals surface area contributed by atoms with E-state index in [0.29, 0.717) is 0 Å². The predicted molar refractivity (Wildman–Crippen MR) is 72.3 cm³/mol. The molecule has 0 aromatic heterocycles. The zero-order chi connectivity index (χ0) is 13.0. The Hall–Kier alpha value is -0.160. The molecule has 106 valence electrons. The Labute approximate surface area is 111 Å². The van der Waals surface area contributed by atoms with Crippen LogP contribution in [-0.2, 0) is 0 Å². The lowest BCUT2D eigenvalue weighted by molar-refractivity contribution is -0.106. The third-order valence-corrected chi connectivity index (χ3v) is 4.38. The summed E-state index contributed by atoms with van der Waals surface area (Å²) >= 11 is 0. The Kier molecular flexibility index (Phi) is 5.42. The van der Waals surface area contributed by atoms with Crippen LogP contribution < -0.4 is 0 Å². The summed E-state index contributed by atoms with van der Waals surface area (Å²) in [5.74, 6) is 0. The molecule has 4 nitrogen and oxygen atoms in total. The molecule has 0 aliphatic carbocycles. The molecule has 0 radical (unpaired) electrons. The Balaban J connectivity index is 1.98. The minimum atomic E-state index is -0.511. The van der Waals surface area contributed by atoms with Gasteiger partial charge in [0.05, 0.1) is 12.1 Å². The molecule has 3 atom stereocenters.